The molecule has 1 aromatic rings. The predicted molar refractivity (Wildman–Crippen MR) is 73.4 cm³/mol. The van der Waals surface area contributed by atoms with Crippen LogP contribution in [0.4, 0.5) is 0 Å². The molecule has 0 amide bonds. The molecule has 3 nitrogen and oxygen atoms in total. The van der Waals surface area contributed by atoms with Crippen LogP contribution in [-0.2, 0) is 22.7 Å². The summed E-state index contributed by atoms with van der Waals surface area (Å²) in [4.78, 5) is 0.546. The van der Waals surface area contributed by atoms with Gasteiger partial charge in [0.15, 0.2) is 9.84 Å². The first kappa shape index (κ1) is 13.6. The molecule has 0 fully saturated rings. The summed E-state index contributed by atoms with van der Waals surface area (Å²) in [6.45, 7) is 2.85. The van der Waals surface area contributed by atoms with E-state index in [9.17, 15) is 8.42 Å². The van der Waals surface area contributed by atoms with Gasteiger partial charge < -0.3 is 5.73 Å². The lowest BCUT2D eigenvalue weighted by molar-refractivity contribution is 0.544. The number of rotatable bonds is 4. The SMILES string of the molecule is CC(CN)CCc1ccc2c(c1)CCCS2(=O)=O. The van der Waals surface area contributed by atoms with E-state index in [1.807, 2.05) is 6.07 Å². The van der Waals surface area contributed by atoms with Gasteiger partial charge in [-0.15, -0.1) is 0 Å². The molecule has 4 heteroatoms. The molecule has 0 spiro atoms. The van der Waals surface area contributed by atoms with Crippen molar-refractivity contribution in [2.75, 3.05) is 12.3 Å². The third-order valence-corrected chi connectivity index (χ3v) is 5.54. The highest BCUT2D eigenvalue weighted by atomic mass is 32.2. The van der Waals surface area contributed by atoms with Crippen LogP contribution in [0.2, 0.25) is 0 Å². The highest BCUT2D eigenvalue weighted by Crippen LogP contribution is 2.26. The lowest BCUT2D eigenvalue weighted by Gasteiger charge is -2.17. The molecule has 1 aliphatic heterocycles. The van der Waals surface area contributed by atoms with Crippen LogP contribution in [0.1, 0.15) is 30.9 Å². The highest BCUT2D eigenvalue weighted by Gasteiger charge is 2.23. The van der Waals surface area contributed by atoms with Gasteiger partial charge in [-0.2, -0.15) is 0 Å². The predicted octanol–water partition coefficient (Wildman–Crippen LogP) is 1.93. The van der Waals surface area contributed by atoms with Crippen LogP contribution in [0, 0.1) is 5.92 Å². The fourth-order valence-electron chi connectivity index (χ4n) is 2.38. The van der Waals surface area contributed by atoms with E-state index in [-0.39, 0.29) is 0 Å². The molecule has 2 rings (SSSR count). The van der Waals surface area contributed by atoms with Gasteiger partial charge in [0.2, 0.25) is 0 Å². The Morgan fingerprint density at radius 1 is 1.39 bits per heavy atom. The van der Waals surface area contributed by atoms with Gasteiger partial charge in [0.1, 0.15) is 0 Å². The van der Waals surface area contributed by atoms with Crippen molar-refractivity contribution in [2.24, 2.45) is 11.7 Å². The summed E-state index contributed by atoms with van der Waals surface area (Å²) < 4.78 is 23.8. The monoisotopic (exact) mass is 267 g/mol. The van der Waals surface area contributed by atoms with Crippen molar-refractivity contribution in [3.8, 4) is 0 Å². The van der Waals surface area contributed by atoms with Crippen LogP contribution in [0.5, 0.6) is 0 Å². The molecule has 0 bridgehead atoms. The van der Waals surface area contributed by atoms with Gasteiger partial charge in [-0.25, -0.2) is 8.42 Å². The zero-order valence-electron chi connectivity index (χ0n) is 10.9. The maximum absolute atomic E-state index is 11.9. The van der Waals surface area contributed by atoms with Crippen molar-refractivity contribution in [2.45, 2.75) is 37.5 Å². The number of hydrogen-bond acceptors (Lipinski definition) is 3. The minimum atomic E-state index is -3.01. The van der Waals surface area contributed by atoms with E-state index in [1.54, 1.807) is 6.07 Å². The average molecular weight is 267 g/mol. The summed E-state index contributed by atoms with van der Waals surface area (Å²) in [6.07, 6.45) is 3.67. The molecule has 0 aromatic heterocycles. The third kappa shape index (κ3) is 2.93. The van der Waals surface area contributed by atoms with Gasteiger partial charge >= 0.3 is 0 Å². The molecule has 18 heavy (non-hydrogen) atoms. The summed E-state index contributed by atoms with van der Waals surface area (Å²) >= 11 is 0. The van der Waals surface area contributed by atoms with Gasteiger partial charge in [-0.1, -0.05) is 19.1 Å². The first-order valence-corrected chi connectivity index (χ1v) is 8.23. The van der Waals surface area contributed by atoms with Crippen molar-refractivity contribution in [3.63, 3.8) is 0 Å². The summed E-state index contributed by atoms with van der Waals surface area (Å²) in [5.41, 5.74) is 7.83. The number of nitrogens with two attached hydrogens (primary N) is 1. The Morgan fingerprint density at radius 3 is 2.89 bits per heavy atom. The number of benzene rings is 1. The Labute approximate surface area is 109 Å². The van der Waals surface area contributed by atoms with Crippen LogP contribution in [-0.4, -0.2) is 20.7 Å². The molecule has 1 atom stereocenters. The standard InChI is InChI=1S/C14H21NO2S/c1-11(10-15)4-5-12-6-7-14-13(9-12)3-2-8-18(14,16)17/h6-7,9,11H,2-5,8,10,15H2,1H3. The minimum absolute atomic E-state index is 0.295. The van der Waals surface area contributed by atoms with Crippen molar-refractivity contribution in [1.29, 1.82) is 0 Å². The van der Waals surface area contributed by atoms with Crippen molar-refractivity contribution < 1.29 is 8.42 Å². The van der Waals surface area contributed by atoms with E-state index in [0.717, 1.165) is 31.2 Å². The molecule has 1 heterocycles. The molecular formula is C14H21NO2S. The quantitative estimate of drug-likeness (QED) is 0.907. The Bertz CT molecular complexity index is 523. The van der Waals surface area contributed by atoms with E-state index in [2.05, 4.69) is 13.0 Å². The van der Waals surface area contributed by atoms with Crippen LogP contribution >= 0.6 is 0 Å². The topological polar surface area (TPSA) is 60.2 Å². The highest BCUT2D eigenvalue weighted by molar-refractivity contribution is 7.91. The van der Waals surface area contributed by atoms with E-state index in [1.165, 1.54) is 5.56 Å². The smallest absolute Gasteiger partial charge is 0.178 e. The van der Waals surface area contributed by atoms with Crippen LogP contribution in [0.25, 0.3) is 0 Å². The first-order valence-electron chi connectivity index (χ1n) is 6.57. The molecule has 2 N–H and O–H groups in total. The average Bonchev–Trinajstić information content (AvgIpc) is 2.35. The first-order chi connectivity index (χ1) is 8.53. The van der Waals surface area contributed by atoms with Gasteiger partial charge in [0, 0.05) is 0 Å². The van der Waals surface area contributed by atoms with E-state index >= 15 is 0 Å². The molecule has 0 saturated carbocycles. The lowest BCUT2D eigenvalue weighted by Crippen LogP contribution is -2.16. The molecule has 1 aromatic carbocycles. The Hall–Kier alpha value is -0.870. The number of aryl methyl sites for hydroxylation is 2. The van der Waals surface area contributed by atoms with Crippen LogP contribution < -0.4 is 5.73 Å². The second kappa shape index (κ2) is 5.41. The summed E-state index contributed by atoms with van der Waals surface area (Å²) in [6, 6.07) is 5.80. The molecule has 0 saturated heterocycles. The fraction of sp³-hybridized carbons (Fsp3) is 0.571. The van der Waals surface area contributed by atoms with E-state index in [0.29, 0.717) is 23.1 Å². The van der Waals surface area contributed by atoms with Gasteiger partial charge in [0.05, 0.1) is 10.6 Å². The minimum Gasteiger partial charge on any atom is -0.330 e. The largest absolute Gasteiger partial charge is 0.330 e. The van der Waals surface area contributed by atoms with Crippen molar-refractivity contribution in [3.05, 3.63) is 29.3 Å². The second-order valence-electron chi connectivity index (χ2n) is 5.24. The Balaban J connectivity index is 2.18. The van der Waals surface area contributed by atoms with Gasteiger partial charge in [-0.05, 0) is 55.3 Å². The lowest BCUT2D eigenvalue weighted by atomic mass is 9.98. The van der Waals surface area contributed by atoms with Gasteiger partial charge in [0.25, 0.3) is 0 Å². The van der Waals surface area contributed by atoms with E-state index < -0.39 is 9.84 Å². The molecular weight excluding hydrogens is 246 g/mol. The summed E-state index contributed by atoms with van der Waals surface area (Å²) in [7, 11) is -3.01. The molecule has 1 aliphatic rings. The number of sulfone groups is 1. The Kier molecular flexibility index (Phi) is 4.07. The maximum Gasteiger partial charge on any atom is 0.178 e. The zero-order valence-corrected chi connectivity index (χ0v) is 11.7. The second-order valence-corrected chi connectivity index (χ2v) is 7.32. The van der Waals surface area contributed by atoms with Crippen molar-refractivity contribution in [1.82, 2.24) is 0 Å². The zero-order chi connectivity index (χ0) is 13.2. The molecule has 1 unspecified atom stereocenters. The third-order valence-electron chi connectivity index (χ3n) is 3.65. The normalized spacial score (nSPS) is 19.2. The number of fused-ring (bicyclic) bond motifs is 1. The van der Waals surface area contributed by atoms with E-state index in [4.69, 9.17) is 5.73 Å². The summed E-state index contributed by atoms with van der Waals surface area (Å²) in [5, 5.41) is 0. The number of hydrogen-bond donors (Lipinski definition) is 1. The fourth-order valence-corrected chi connectivity index (χ4v) is 3.96. The Morgan fingerprint density at radius 2 is 2.17 bits per heavy atom. The maximum atomic E-state index is 11.9. The molecule has 100 valence electrons. The summed E-state index contributed by atoms with van der Waals surface area (Å²) in [5.74, 6) is 0.813. The van der Waals surface area contributed by atoms with Crippen LogP contribution in [0.3, 0.4) is 0 Å². The van der Waals surface area contributed by atoms with Gasteiger partial charge in [-0.3, -0.25) is 0 Å². The molecule has 0 radical (unpaired) electrons. The van der Waals surface area contributed by atoms with Crippen molar-refractivity contribution >= 4 is 9.84 Å². The molecule has 0 aliphatic carbocycles. The van der Waals surface area contributed by atoms with Crippen LogP contribution in [0.15, 0.2) is 23.1 Å².